The number of hydrogen-bond donors (Lipinski definition) is 1. The first-order chi connectivity index (χ1) is 7.24. The summed E-state index contributed by atoms with van der Waals surface area (Å²) in [5.41, 5.74) is 1.24. The fraction of sp³-hybridized carbons (Fsp3) is 0.750. The number of aromatic nitrogens is 2. The second-order valence-electron chi connectivity index (χ2n) is 5.10. The van der Waals surface area contributed by atoms with Gasteiger partial charge in [0, 0.05) is 25.0 Å². The maximum Gasteiger partial charge on any atom is 0.0492 e. The van der Waals surface area contributed by atoms with Crippen molar-refractivity contribution in [1.82, 2.24) is 15.1 Å². The van der Waals surface area contributed by atoms with Gasteiger partial charge in [-0.2, -0.15) is 5.10 Å². The van der Waals surface area contributed by atoms with E-state index in [4.69, 9.17) is 0 Å². The molecule has 3 heteroatoms. The number of nitrogens with zero attached hydrogens (tertiary/aromatic N) is 2. The molecule has 2 heterocycles. The SMILES string of the molecule is CC(C)CC1CCN(Cc2ccn[nH]2)C1. The van der Waals surface area contributed by atoms with Gasteiger partial charge in [0.1, 0.15) is 0 Å². The number of H-pyrrole nitrogens is 1. The molecule has 0 aliphatic carbocycles. The van der Waals surface area contributed by atoms with E-state index in [2.05, 4.69) is 35.0 Å². The van der Waals surface area contributed by atoms with Crippen molar-refractivity contribution in [2.75, 3.05) is 13.1 Å². The van der Waals surface area contributed by atoms with Gasteiger partial charge in [0.05, 0.1) is 0 Å². The van der Waals surface area contributed by atoms with E-state index in [0.29, 0.717) is 0 Å². The van der Waals surface area contributed by atoms with Gasteiger partial charge in [-0.1, -0.05) is 13.8 Å². The molecule has 0 bridgehead atoms. The van der Waals surface area contributed by atoms with E-state index in [-0.39, 0.29) is 0 Å². The molecule has 0 saturated carbocycles. The minimum Gasteiger partial charge on any atom is -0.297 e. The molecule has 84 valence electrons. The Morgan fingerprint density at radius 2 is 2.47 bits per heavy atom. The monoisotopic (exact) mass is 207 g/mol. The van der Waals surface area contributed by atoms with Gasteiger partial charge in [0.2, 0.25) is 0 Å². The Bertz CT molecular complexity index is 279. The topological polar surface area (TPSA) is 31.9 Å². The van der Waals surface area contributed by atoms with Crippen LogP contribution in [0, 0.1) is 11.8 Å². The Hall–Kier alpha value is -0.830. The first kappa shape index (κ1) is 10.7. The molecule has 1 aliphatic rings. The number of likely N-dealkylation sites (tertiary alicyclic amines) is 1. The predicted octanol–water partition coefficient (Wildman–Crippen LogP) is 2.28. The molecule has 1 aromatic heterocycles. The molecular weight excluding hydrogens is 186 g/mol. The third-order valence-corrected chi connectivity index (χ3v) is 3.13. The Labute approximate surface area is 91.9 Å². The highest BCUT2D eigenvalue weighted by molar-refractivity contribution is 4.97. The number of aromatic amines is 1. The Kier molecular flexibility index (Phi) is 3.41. The van der Waals surface area contributed by atoms with Crippen LogP contribution in [0.25, 0.3) is 0 Å². The number of nitrogens with one attached hydrogen (secondary N) is 1. The van der Waals surface area contributed by atoms with Gasteiger partial charge < -0.3 is 0 Å². The van der Waals surface area contributed by atoms with Gasteiger partial charge >= 0.3 is 0 Å². The van der Waals surface area contributed by atoms with Gasteiger partial charge in [-0.15, -0.1) is 0 Å². The van der Waals surface area contributed by atoms with Crippen molar-refractivity contribution < 1.29 is 0 Å². The molecule has 0 amide bonds. The van der Waals surface area contributed by atoms with Crippen molar-refractivity contribution in [2.24, 2.45) is 11.8 Å². The summed E-state index contributed by atoms with van der Waals surface area (Å²) < 4.78 is 0. The quantitative estimate of drug-likeness (QED) is 0.821. The van der Waals surface area contributed by atoms with Crippen molar-refractivity contribution >= 4 is 0 Å². The van der Waals surface area contributed by atoms with Gasteiger partial charge in [-0.25, -0.2) is 0 Å². The molecule has 1 unspecified atom stereocenters. The van der Waals surface area contributed by atoms with Crippen molar-refractivity contribution in [3.05, 3.63) is 18.0 Å². The normalized spacial score (nSPS) is 22.7. The minimum absolute atomic E-state index is 0.835. The fourth-order valence-corrected chi connectivity index (χ4v) is 2.53. The lowest BCUT2D eigenvalue weighted by Crippen LogP contribution is -2.20. The van der Waals surface area contributed by atoms with Crippen LogP contribution >= 0.6 is 0 Å². The number of rotatable bonds is 4. The van der Waals surface area contributed by atoms with Gasteiger partial charge in [0.15, 0.2) is 0 Å². The van der Waals surface area contributed by atoms with Crippen LogP contribution in [0.15, 0.2) is 12.3 Å². The van der Waals surface area contributed by atoms with Crippen molar-refractivity contribution in [2.45, 2.75) is 33.2 Å². The maximum atomic E-state index is 3.98. The van der Waals surface area contributed by atoms with E-state index in [1.165, 1.54) is 31.6 Å². The Balaban J connectivity index is 1.78. The first-order valence-corrected chi connectivity index (χ1v) is 5.94. The standard InChI is InChI=1S/C12H21N3/c1-10(2)7-11-4-6-15(8-11)9-12-3-5-13-14-12/h3,5,10-11H,4,6-9H2,1-2H3,(H,13,14). The highest BCUT2D eigenvalue weighted by Crippen LogP contribution is 2.23. The van der Waals surface area contributed by atoms with Crippen LogP contribution in [0.3, 0.4) is 0 Å². The molecule has 3 nitrogen and oxygen atoms in total. The maximum absolute atomic E-state index is 3.98. The summed E-state index contributed by atoms with van der Waals surface area (Å²) in [4.78, 5) is 2.53. The zero-order valence-corrected chi connectivity index (χ0v) is 9.74. The van der Waals surface area contributed by atoms with E-state index in [9.17, 15) is 0 Å². The third-order valence-electron chi connectivity index (χ3n) is 3.13. The first-order valence-electron chi connectivity index (χ1n) is 5.94. The molecular formula is C12H21N3. The molecule has 0 aromatic carbocycles. The summed E-state index contributed by atoms with van der Waals surface area (Å²) in [6.45, 7) is 8.18. The van der Waals surface area contributed by atoms with Crippen LogP contribution in [-0.4, -0.2) is 28.2 Å². The summed E-state index contributed by atoms with van der Waals surface area (Å²) in [6, 6.07) is 2.07. The Morgan fingerprint density at radius 1 is 1.60 bits per heavy atom. The molecule has 1 atom stereocenters. The van der Waals surface area contributed by atoms with Crippen LogP contribution in [0.5, 0.6) is 0 Å². The lowest BCUT2D eigenvalue weighted by molar-refractivity contribution is 0.302. The largest absolute Gasteiger partial charge is 0.297 e. The molecule has 1 saturated heterocycles. The minimum atomic E-state index is 0.835. The summed E-state index contributed by atoms with van der Waals surface area (Å²) in [5.74, 6) is 1.75. The zero-order chi connectivity index (χ0) is 10.7. The van der Waals surface area contributed by atoms with Crippen LogP contribution < -0.4 is 0 Å². The lowest BCUT2D eigenvalue weighted by Gasteiger charge is -2.15. The van der Waals surface area contributed by atoms with Gasteiger partial charge in [0.25, 0.3) is 0 Å². The summed E-state index contributed by atoms with van der Waals surface area (Å²) in [7, 11) is 0. The van der Waals surface area contributed by atoms with Crippen molar-refractivity contribution in [1.29, 1.82) is 0 Å². The highest BCUT2D eigenvalue weighted by Gasteiger charge is 2.23. The number of hydrogen-bond acceptors (Lipinski definition) is 2. The van der Waals surface area contributed by atoms with E-state index in [1.807, 2.05) is 6.20 Å². The molecule has 0 radical (unpaired) electrons. The smallest absolute Gasteiger partial charge is 0.0492 e. The van der Waals surface area contributed by atoms with Gasteiger partial charge in [-0.05, 0) is 37.3 Å². The molecule has 2 rings (SSSR count). The zero-order valence-electron chi connectivity index (χ0n) is 9.74. The van der Waals surface area contributed by atoms with E-state index >= 15 is 0 Å². The molecule has 1 aromatic rings. The highest BCUT2D eigenvalue weighted by atomic mass is 15.2. The van der Waals surface area contributed by atoms with E-state index in [0.717, 1.165) is 18.4 Å². The van der Waals surface area contributed by atoms with Crippen molar-refractivity contribution in [3.63, 3.8) is 0 Å². The van der Waals surface area contributed by atoms with E-state index < -0.39 is 0 Å². The van der Waals surface area contributed by atoms with Crippen LogP contribution in [0.1, 0.15) is 32.4 Å². The third kappa shape index (κ3) is 3.06. The van der Waals surface area contributed by atoms with Crippen LogP contribution in [0.4, 0.5) is 0 Å². The summed E-state index contributed by atoms with van der Waals surface area (Å²) in [6.07, 6.45) is 4.57. The van der Waals surface area contributed by atoms with Gasteiger partial charge in [-0.3, -0.25) is 10.00 Å². The lowest BCUT2D eigenvalue weighted by atomic mass is 9.97. The van der Waals surface area contributed by atoms with Crippen molar-refractivity contribution in [3.8, 4) is 0 Å². The van der Waals surface area contributed by atoms with Crippen LogP contribution in [0.2, 0.25) is 0 Å². The van der Waals surface area contributed by atoms with E-state index in [1.54, 1.807) is 0 Å². The molecule has 15 heavy (non-hydrogen) atoms. The average molecular weight is 207 g/mol. The van der Waals surface area contributed by atoms with Crippen LogP contribution in [-0.2, 0) is 6.54 Å². The predicted molar refractivity (Wildman–Crippen MR) is 61.4 cm³/mol. The molecule has 1 N–H and O–H groups in total. The molecule has 0 spiro atoms. The summed E-state index contributed by atoms with van der Waals surface area (Å²) >= 11 is 0. The second kappa shape index (κ2) is 4.79. The Morgan fingerprint density at radius 3 is 3.13 bits per heavy atom. The molecule has 1 fully saturated rings. The second-order valence-corrected chi connectivity index (χ2v) is 5.10. The summed E-state index contributed by atoms with van der Waals surface area (Å²) in [5, 5.41) is 7.01. The molecule has 1 aliphatic heterocycles. The average Bonchev–Trinajstić information content (AvgIpc) is 2.77. The fourth-order valence-electron chi connectivity index (χ4n) is 2.53.